The number of benzene rings is 8. The lowest BCUT2D eigenvalue weighted by Crippen LogP contribution is -2.03. The van der Waals surface area contributed by atoms with Crippen molar-refractivity contribution in [2.24, 2.45) is 0 Å². The Hall–Kier alpha value is -7.86. The summed E-state index contributed by atoms with van der Waals surface area (Å²) < 4.78 is 6.86. The van der Waals surface area contributed by atoms with Crippen LogP contribution in [0, 0.1) is 22.7 Å². The monoisotopic (exact) mass is 699 g/mol. The lowest BCUT2D eigenvalue weighted by Gasteiger charge is -2.19. The Morgan fingerprint density at radius 3 is 1.49 bits per heavy atom. The third kappa shape index (κ3) is 4.33. The molecule has 11 aromatic rings. The van der Waals surface area contributed by atoms with E-state index >= 15 is 0 Å². The quantitative estimate of drug-likeness (QED) is 0.184. The molecule has 0 fully saturated rings. The van der Waals surface area contributed by atoms with Gasteiger partial charge in [0.25, 0.3) is 0 Å². The van der Waals surface area contributed by atoms with Crippen LogP contribution in [0.5, 0.6) is 0 Å². The van der Waals surface area contributed by atoms with E-state index in [1.165, 1.54) is 10.8 Å². The van der Waals surface area contributed by atoms with Crippen LogP contribution in [0.15, 0.2) is 176 Å². The van der Waals surface area contributed by atoms with Crippen LogP contribution >= 0.6 is 0 Å². The molecule has 5 nitrogen and oxygen atoms in total. The maximum absolute atomic E-state index is 10.8. The van der Waals surface area contributed by atoms with Crippen molar-refractivity contribution in [3.8, 4) is 40.3 Å². The van der Waals surface area contributed by atoms with Gasteiger partial charge in [0.15, 0.2) is 0 Å². The first-order valence-corrected chi connectivity index (χ1v) is 18.3. The summed E-state index contributed by atoms with van der Waals surface area (Å²) in [5, 5.41) is 27.9. The molecule has 0 aliphatic rings. The fourth-order valence-corrected chi connectivity index (χ4v) is 8.90. The molecule has 0 aliphatic carbocycles. The van der Waals surface area contributed by atoms with E-state index in [2.05, 4.69) is 153 Å². The maximum atomic E-state index is 10.8. The zero-order valence-electron chi connectivity index (χ0n) is 29.5. The minimum atomic E-state index is 0.569. The predicted octanol–water partition coefficient (Wildman–Crippen LogP) is 12.4. The average molecular weight is 700 g/mol. The van der Waals surface area contributed by atoms with E-state index in [-0.39, 0.29) is 0 Å². The summed E-state index contributed by atoms with van der Waals surface area (Å²) in [6, 6.07) is 65.8. The topological polar surface area (TPSA) is 62.4 Å². The molecule has 5 heteroatoms. The summed E-state index contributed by atoms with van der Waals surface area (Å²) in [4.78, 5) is 0. The zero-order valence-corrected chi connectivity index (χ0v) is 29.5. The molecule has 0 saturated carbocycles. The molecular formula is C50H29N5. The second kappa shape index (κ2) is 11.8. The van der Waals surface area contributed by atoms with Gasteiger partial charge in [-0.1, -0.05) is 109 Å². The van der Waals surface area contributed by atoms with E-state index in [1.807, 2.05) is 48.5 Å². The molecular weight excluding hydrogens is 671 g/mol. The van der Waals surface area contributed by atoms with Crippen LogP contribution < -0.4 is 0 Å². The molecule has 3 aromatic heterocycles. The van der Waals surface area contributed by atoms with E-state index in [4.69, 9.17) is 0 Å². The van der Waals surface area contributed by atoms with E-state index in [9.17, 15) is 10.5 Å². The largest absolute Gasteiger partial charge is 0.309 e. The van der Waals surface area contributed by atoms with Crippen molar-refractivity contribution in [2.45, 2.75) is 0 Å². The Kier molecular flexibility index (Phi) is 6.61. The SMILES string of the molecule is N#Cc1cccc(-n2c3ccccc3c3cc(-n4c5ccccc5c5ccccc54)ccc32)c1-c1ccccc1-n1c2ccccc2c2cccc(C#N)c21. The molecule has 0 N–H and O–H groups in total. The molecule has 254 valence electrons. The fourth-order valence-electron chi connectivity index (χ4n) is 8.90. The van der Waals surface area contributed by atoms with Crippen molar-refractivity contribution in [3.05, 3.63) is 187 Å². The highest BCUT2D eigenvalue weighted by molar-refractivity contribution is 6.14. The summed E-state index contributed by atoms with van der Waals surface area (Å²) in [5.74, 6) is 0. The number of hydrogen-bond donors (Lipinski definition) is 0. The van der Waals surface area contributed by atoms with Crippen LogP contribution in [0.25, 0.3) is 93.6 Å². The molecule has 0 atom stereocenters. The standard InChI is InChI=1S/C50H29N5/c51-30-32-13-12-26-48(49(32)40-19-5-10-25-46(40)55-45-24-9-3-17-37(45)39-20-11-14-33(31-52)50(39)55)54-44-23-8-4-18-38(44)41-29-34(27-28-47(41)54)53-42-21-6-1-15-35(42)36-16-2-7-22-43(36)53/h1-29H. The van der Waals surface area contributed by atoms with Gasteiger partial charge >= 0.3 is 0 Å². The van der Waals surface area contributed by atoms with Crippen molar-refractivity contribution in [1.82, 2.24) is 13.7 Å². The van der Waals surface area contributed by atoms with E-state index in [1.54, 1.807) is 0 Å². The van der Waals surface area contributed by atoms with Gasteiger partial charge in [0.1, 0.15) is 6.07 Å². The molecule has 0 spiro atoms. The smallest absolute Gasteiger partial charge is 0.101 e. The Morgan fingerprint density at radius 1 is 0.345 bits per heavy atom. The van der Waals surface area contributed by atoms with Gasteiger partial charge in [0.2, 0.25) is 0 Å². The van der Waals surface area contributed by atoms with Gasteiger partial charge in [-0.15, -0.1) is 0 Å². The van der Waals surface area contributed by atoms with Gasteiger partial charge in [-0.2, -0.15) is 10.5 Å². The molecule has 0 unspecified atom stereocenters. The van der Waals surface area contributed by atoms with Crippen molar-refractivity contribution in [2.75, 3.05) is 0 Å². The third-order valence-electron chi connectivity index (χ3n) is 11.1. The van der Waals surface area contributed by atoms with Crippen LogP contribution in [0.3, 0.4) is 0 Å². The maximum Gasteiger partial charge on any atom is 0.101 e. The molecule has 55 heavy (non-hydrogen) atoms. The second-order valence-electron chi connectivity index (χ2n) is 13.9. The fraction of sp³-hybridized carbons (Fsp3) is 0. The molecule has 3 heterocycles. The number of aromatic nitrogens is 3. The van der Waals surface area contributed by atoms with E-state index in [0.29, 0.717) is 11.1 Å². The van der Waals surface area contributed by atoms with Crippen molar-refractivity contribution in [3.63, 3.8) is 0 Å². The molecule has 0 saturated heterocycles. The Balaban J connectivity index is 1.21. The number of rotatable bonds is 4. The molecule has 0 bridgehead atoms. The summed E-state index contributed by atoms with van der Waals surface area (Å²) >= 11 is 0. The van der Waals surface area contributed by atoms with Gasteiger partial charge in [-0.25, -0.2) is 0 Å². The molecule has 0 radical (unpaired) electrons. The first-order valence-electron chi connectivity index (χ1n) is 18.3. The summed E-state index contributed by atoms with van der Waals surface area (Å²) in [6.07, 6.45) is 0. The van der Waals surface area contributed by atoms with Gasteiger partial charge in [0, 0.05) is 49.1 Å². The Labute approximate surface area is 316 Å². The minimum Gasteiger partial charge on any atom is -0.309 e. The van der Waals surface area contributed by atoms with Crippen LogP contribution in [0.4, 0.5) is 0 Å². The van der Waals surface area contributed by atoms with Gasteiger partial charge < -0.3 is 13.7 Å². The van der Waals surface area contributed by atoms with Gasteiger partial charge in [0.05, 0.1) is 61.7 Å². The number of fused-ring (bicyclic) bond motifs is 9. The normalized spacial score (nSPS) is 11.6. The van der Waals surface area contributed by atoms with Gasteiger partial charge in [-0.3, -0.25) is 0 Å². The first kappa shape index (κ1) is 30.7. The molecule has 0 amide bonds. The zero-order chi connectivity index (χ0) is 36.6. The molecule has 8 aromatic carbocycles. The van der Waals surface area contributed by atoms with Gasteiger partial charge in [-0.05, 0) is 66.7 Å². The third-order valence-corrected chi connectivity index (χ3v) is 11.1. The highest BCUT2D eigenvalue weighted by Crippen LogP contribution is 2.43. The molecule has 0 aliphatic heterocycles. The highest BCUT2D eigenvalue weighted by atomic mass is 15.0. The average Bonchev–Trinajstić information content (AvgIpc) is 3.89. The number of hydrogen-bond acceptors (Lipinski definition) is 2. The van der Waals surface area contributed by atoms with E-state index in [0.717, 1.165) is 82.8 Å². The first-order chi connectivity index (χ1) is 27.2. The van der Waals surface area contributed by atoms with Crippen LogP contribution in [0.2, 0.25) is 0 Å². The van der Waals surface area contributed by atoms with Crippen molar-refractivity contribution < 1.29 is 0 Å². The lowest BCUT2D eigenvalue weighted by molar-refractivity contribution is 1.15. The van der Waals surface area contributed by atoms with Crippen LogP contribution in [-0.4, -0.2) is 13.7 Å². The summed E-state index contributed by atoms with van der Waals surface area (Å²) in [7, 11) is 0. The Bertz CT molecular complexity index is 3420. The summed E-state index contributed by atoms with van der Waals surface area (Å²) in [6.45, 7) is 0. The number of nitrogens with zero attached hydrogens (tertiary/aromatic N) is 5. The highest BCUT2D eigenvalue weighted by Gasteiger charge is 2.23. The summed E-state index contributed by atoms with van der Waals surface area (Å²) in [5.41, 5.74) is 12.1. The lowest BCUT2D eigenvalue weighted by atomic mass is 9.96. The predicted molar refractivity (Wildman–Crippen MR) is 224 cm³/mol. The molecule has 11 rings (SSSR count). The van der Waals surface area contributed by atoms with Crippen molar-refractivity contribution >= 4 is 65.4 Å². The van der Waals surface area contributed by atoms with E-state index < -0.39 is 0 Å². The minimum absolute atomic E-state index is 0.569. The van der Waals surface area contributed by atoms with Crippen LogP contribution in [-0.2, 0) is 0 Å². The van der Waals surface area contributed by atoms with Crippen molar-refractivity contribution in [1.29, 1.82) is 10.5 Å². The number of para-hydroxylation sites is 6. The number of nitriles is 2. The Morgan fingerprint density at radius 2 is 0.818 bits per heavy atom. The second-order valence-corrected chi connectivity index (χ2v) is 13.9. The van der Waals surface area contributed by atoms with Crippen LogP contribution in [0.1, 0.15) is 11.1 Å².